The highest BCUT2D eigenvalue weighted by Crippen LogP contribution is 2.42. The summed E-state index contributed by atoms with van der Waals surface area (Å²) in [7, 11) is 0. The molecule has 1 aliphatic carbocycles. The molecular formula is C61H50N4. The fraction of sp³-hybridized carbons (Fsp3) is 0.0984. The minimum Gasteiger partial charge on any atom is -0.277 e. The van der Waals surface area contributed by atoms with E-state index in [1.807, 2.05) is 24.3 Å². The number of aryl methyl sites for hydroxylation is 3. The molecule has 7 aromatic carbocycles. The zero-order chi connectivity index (χ0) is 44.4. The minimum absolute atomic E-state index is 0.559. The molecule has 2 heterocycles. The molecule has 1 aliphatic rings. The quantitative estimate of drug-likeness (QED) is 0.0963. The summed E-state index contributed by atoms with van der Waals surface area (Å²) in [6, 6.07) is 54.4. The molecule has 0 saturated carbocycles. The third-order valence-electron chi connectivity index (χ3n) is 12.7. The summed E-state index contributed by atoms with van der Waals surface area (Å²) in [5.74, 6) is 1.77. The van der Waals surface area contributed by atoms with Crippen molar-refractivity contribution in [3.63, 3.8) is 0 Å². The van der Waals surface area contributed by atoms with E-state index in [1.165, 1.54) is 39.0 Å². The highest BCUT2D eigenvalue weighted by molar-refractivity contribution is 6.14. The van der Waals surface area contributed by atoms with Gasteiger partial charge in [-0.05, 0) is 131 Å². The van der Waals surface area contributed by atoms with E-state index in [4.69, 9.17) is 15.0 Å². The van der Waals surface area contributed by atoms with E-state index >= 15 is 0 Å². The predicted molar refractivity (Wildman–Crippen MR) is 275 cm³/mol. The van der Waals surface area contributed by atoms with Gasteiger partial charge in [0.1, 0.15) is 0 Å². The molecule has 65 heavy (non-hydrogen) atoms. The van der Waals surface area contributed by atoms with E-state index < -0.39 is 0 Å². The van der Waals surface area contributed by atoms with Crippen molar-refractivity contribution in [2.75, 3.05) is 0 Å². The molecule has 0 radical (unpaired) electrons. The molecule has 0 bridgehead atoms. The van der Waals surface area contributed by atoms with Gasteiger partial charge < -0.3 is 0 Å². The third kappa shape index (κ3) is 7.89. The summed E-state index contributed by atoms with van der Waals surface area (Å²) >= 11 is 0. The number of rotatable bonds is 11. The standard InChI is InChI=1S/C61H50N4/c1-6-7-10-20-40(2)50-35-33-49(37-43(50)5)60-62-59(45-25-13-9-14-26-45)63-61(64-60)65-56-36-34-46(44-23-11-8-12-24-44)39-55(56)54-32-19-31-53(58(54)65)48-28-18-27-47(38-48)52-30-17-22-42(4)57(52)51-29-16-15-21-41(51)3/h6,8-11,13-23,25-39H,1-2,7,12,24H2,3-5H3/b20-10-. The monoisotopic (exact) mass is 838 g/mol. The maximum atomic E-state index is 5.40. The molecule has 0 atom stereocenters. The lowest BCUT2D eigenvalue weighted by Crippen LogP contribution is -2.07. The second kappa shape index (κ2) is 17.7. The number of para-hydroxylation sites is 1. The zero-order valence-electron chi connectivity index (χ0n) is 37.2. The Kier molecular flexibility index (Phi) is 11.2. The van der Waals surface area contributed by atoms with Crippen molar-refractivity contribution in [3.8, 4) is 62.1 Å². The molecule has 0 aliphatic heterocycles. The maximum Gasteiger partial charge on any atom is 0.238 e. The Morgan fingerprint density at radius 1 is 0.600 bits per heavy atom. The molecule has 0 unspecified atom stereocenters. The molecule has 2 aromatic heterocycles. The lowest BCUT2D eigenvalue weighted by Gasteiger charge is -2.17. The fourth-order valence-electron chi connectivity index (χ4n) is 9.40. The number of hydrogen-bond acceptors (Lipinski definition) is 3. The third-order valence-corrected chi connectivity index (χ3v) is 12.7. The fourth-order valence-corrected chi connectivity index (χ4v) is 9.40. The van der Waals surface area contributed by atoms with Crippen LogP contribution in [0.4, 0.5) is 0 Å². The summed E-state index contributed by atoms with van der Waals surface area (Å²) < 4.78 is 2.27. The van der Waals surface area contributed by atoms with Gasteiger partial charge in [-0.1, -0.05) is 170 Å². The van der Waals surface area contributed by atoms with E-state index in [0.717, 1.165) is 85.6 Å². The average molecular weight is 839 g/mol. The van der Waals surface area contributed by atoms with Crippen molar-refractivity contribution in [2.24, 2.45) is 0 Å². The van der Waals surface area contributed by atoms with Crippen molar-refractivity contribution in [1.29, 1.82) is 0 Å². The lowest BCUT2D eigenvalue weighted by molar-refractivity contribution is 0.953. The van der Waals surface area contributed by atoms with Crippen molar-refractivity contribution in [3.05, 3.63) is 229 Å². The van der Waals surface area contributed by atoms with E-state index in [9.17, 15) is 0 Å². The van der Waals surface area contributed by atoms with Crippen molar-refractivity contribution < 1.29 is 0 Å². The first-order valence-electron chi connectivity index (χ1n) is 22.5. The minimum atomic E-state index is 0.559. The summed E-state index contributed by atoms with van der Waals surface area (Å²) in [6.07, 6.45) is 15.5. The first-order chi connectivity index (χ1) is 31.9. The zero-order valence-corrected chi connectivity index (χ0v) is 37.2. The van der Waals surface area contributed by atoms with E-state index in [0.29, 0.717) is 17.6 Å². The van der Waals surface area contributed by atoms with Gasteiger partial charge in [0.15, 0.2) is 11.6 Å². The predicted octanol–water partition coefficient (Wildman–Crippen LogP) is 16.1. The molecule has 0 N–H and O–H groups in total. The van der Waals surface area contributed by atoms with Gasteiger partial charge >= 0.3 is 0 Å². The van der Waals surface area contributed by atoms with Crippen LogP contribution < -0.4 is 0 Å². The van der Waals surface area contributed by atoms with Gasteiger partial charge in [0.25, 0.3) is 0 Å². The number of nitrogens with zero attached hydrogens (tertiary/aromatic N) is 4. The SMILES string of the molecule is C=CC/C=C\C(=C)c1ccc(-c2nc(-c3ccccc3)nc(-n3c4ccc(C5=CC=CCC5)cc4c4cccc(-c5cccc(-c6cccc(C)c6-c6ccccc6C)c5)c43)n2)cc1C. The molecule has 0 spiro atoms. The summed E-state index contributed by atoms with van der Waals surface area (Å²) in [4.78, 5) is 15.9. The van der Waals surface area contributed by atoms with E-state index in [-0.39, 0.29) is 0 Å². The Balaban J connectivity index is 1.21. The second-order valence-electron chi connectivity index (χ2n) is 17.0. The first-order valence-corrected chi connectivity index (χ1v) is 22.5. The largest absolute Gasteiger partial charge is 0.277 e. The normalized spacial score (nSPS) is 12.6. The van der Waals surface area contributed by atoms with Gasteiger partial charge in [-0.3, -0.25) is 4.57 Å². The van der Waals surface area contributed by atoms with Gasteiger partial charge in [-0.15, -0.1) is 6.58 Å². The van der Waals surface area contributed by atoms with Gasteiger partial charge in [0, 0.05) is 27.5 Å². The topological polar surface area (TPSA) is 43.6 Å². The summed E-state index contributed by atoms with van der Waals surface area (Å²) in [5, 5.41) is 2.29. The van der Waals surface area contributed by atoms with Crippen molar-refractivity contribution >= 4 is 33.0 Å². The molecule has 9 aromatic rings. The van der Waals surface area contributed by atoms with Crippen LogP contribution in [0, 0.1) is 20.8 Å². The number of allylic oxidation sites excluding steroid dienone is 8. The first kappa shape index (κ1) is 41.1. The van der Waals surface area contributed by atoms with Gasteiger partial charge in [-0.25, -0.2) is 4.98 Å². The molecule has 314 valence electrons. The Hall–Kier alpha value is -7.95. The lowest BCUT2D eigenvalue weighted by atomic mass is 9.88. The molecule has 4 nitrogen and oxygen atoms in total. The summed E-state index contributed by atoms with van der Waals surface area (Å²) in [6.45, 7) is 14.7. The van der Waals surface area contributed by atoms with Gasteiger partial charge in [-0.2, -0.15) is 9.97 Å². The van der Waals surface area contributed by atoms with Crippen LogP contribution in [-0.2, 0) is 0 Å². The average Bonchev–Trinajstić information content (AvgIpc) is 3.69. The molecule has 0 saturated heterocycles. The molecule has 10 rings (SSSR count). The van der Waals surface area contributed by atoms with Gasteiger partial charge in [0.05, 0.1) is 11.0 Å². The number of hydrogen-bond donors (Lipinski definition) is 0. The van der Waals surface area contributed by atoms with Crippen LogP contribution in [0.15, 0.2) is 201 Å². The Morgan fingerprint density at radius 3 is 2.08 bits per heavy atom. The van der Waals surface area contributed by atoms with Crippen LogP contribution in [0.25, 0.3) is 95.1 Å². The molecule has 0 amide bonds. The molecular weight excluding hydrogens is 789 g/mol. The number of benzene rings is 7. The van der Waals surface area contributed by atoms with Crippen molar-refractivity contribution in [2.45, 2.75) is 40.0 Å². The van der Waals surface area contributed by atoms with E-state index in [2.05, 4.69) is 202 Å². The van der Waals surface area contributed by atoms with Crippen LogP contribution in [0.3, 0.4) is 0 Å². The van der Waals surface area contributed by atoms with E-state index in [1.54, 1.807) is 0 Å². The van der Waals surface area contributed by atoms with Crippen LogP contribution in [0.1, 0.15) is 47.1 Å². The van der Waals surface area contributed by atoms with Gasteiger partial charge in [0.2, 0.25) is 5.95 Å². The maximum absolute atomic E-state index is 5.40. The second-order valence-corrected chi connectivity index (χ2v) is 17.0. The van der Waals surface area contributed by atoms with Crippen LogP contribution in [0.5, 0.6) is 0 Å². The Labute approximate surface area is 382 Å². The smallest absolute Gasteiger partial charge is 0.238 e. The molecule has 4 heteroatoms. The highest BCUT2D eigenvalue weighted by atomic mass is 15.2. The highest BCUT2D eigenvalue weighted by Gasteiger charge is 2.22. The molecule has 0 fully saturated rings. The van der Waals surface area contributed by atoms with Crippen LogP contribution in [0.2, 0.25) is 0 Å². The Morgan fingerprint density at radius 2 is 1.29 bits per heavy atom. The summed E-state index contributed by atoms with van der Waals surface area (Å²) in [5.41, 5.74) is 19.2. The van der Waals surface area contributed by atoms with Crippen molar-refractivity contribution in [1.82, 2.24) is 19.5 Å². The van der Waals surface area contributed by atoms with Crippen LogP contribution in [-0.4, -0.2) is 19.5 Å². The van der Waals surface area contributed by atoms with Crippen LogP contribution >= 0.6 is 0 Å². The number of fused-ring (bicyclic) bond motifs is 3. The number of aromatic nitrogens is 4. The Bertz CT molecular complexity index is 3410.